The minimum Gasteiger partial charge on any atom is -0.0654 e. The van der Waals surface area contributed by atoms with E-state index < -0.39 is 0 Å². The van der Waals surface area contributed by atoms with Crippen molar-refractivity contribution < 1.29 is 0 Å². The fraction of sp³-hybridized carbons (Fsp3) is 1.00. The minimum atomic E-state index is 0.895. The third-order valence-electron chi connectivity index (χ3n) is 4.54. The molecular formula is C14H28. The average Bonchev–Trinajstić information content (AvgIpc) is 2.76. The summed E-state index contributed by atoms with van der Waals surface area (Å²) in [7, 11) is 0. The summed E-state index contributed by atoms with van der Waals surface area (Å²) in [6.45, 7) is 14.4. The molecule has 1 aliphatic rings. The second-order valence-electron chi connectivity index (χ2n) is 5.88. The van der Waals surface area contributed by atoms with Crippen molar-refractivity contribution in [2.24, 2.45) is 35.5 Å². The molecule has 5 atom stereocenters. The molecule has 84 valence electrons. The van der Waals surface area contributed by atoms with Crippen LogP contribution < -0.4 is 0 Å². The zero-order valence-electron chi connectivity index (χ0n) is 10.9. The van der Waals surface area contributed by atoms with Crippen LogP contribution in [0.2, 0.25) is 0 Å². The van der Waals surface area contributed by atoms with Gasteiger partial charge in [0.15, 0.2) is 0 Å². The molecule has 0 aromatic carbocycles. The van der Waals surface area contributed by atoms with Crippen molar-refractivity contribution in [2.45, 2.75) is 54.4 Å². The average molecular weight is 196 g/mol. The van der Waals surface area contributed by atoms with Crippen LogP contribution in [0.15, 0.2) is 0 Å². The van der Waals surface area contributed by atoms with E-state index in [1.165, 1.54) is 12.8 Å². The Bertz CT molecular complexity index is 171. The number of hydrogen-bond donors (Lipinski definition) is 0. The highest BCUT2D eigenvalue weighted by atomic mass is 14.6. The van der Waals surface area contributed by atoms with E-state index in [-0.39, 0.29) is 0 Å². The Labute approximate surface area is 90.5 Å². The number of hydrogen-bond acceptors (Lipinski definition) is 0. The molecular weight excluding hydrogens is 168 g/mol. The fourth-order valence-corrected chi connectivity index (χ4v) is 3.50. The smallest absolute Gasteiger partial charge is 0.0324 e. The van der Waals surface area contributed by atoms with Gasteiger partial charge in [-0.25, -0.2) is 0 Å². The van der Waals surface area contributed by atoms with Crippen molar-refractivity contribution in [1.29, 1.82) is 0 Å². The standard InChI is InChI=1S/C14H28/c1-7-8-10(4)11(5)14-12(6)13(14)9(2)3/h9-14H,7-8H2,1-6H3. The lowest BCUT2D eigenvalue weighted by Gasteiger charge is -2.20. The highest BCUT2D eigenvalue weighted by Crippen LogP contribution is 2.56. The lowest BCUT2D eigenvalue weighted by Crippen LogP contribution is -2.12. The molecule has 0 radical (unpaired) electrons. The first-order chi connectivity index (χ1) is 6.50. The van der Waals surface area contributed by atoms with Crippen molar-refractivity contribution in [2.75, 3.05) is 0 Å². The van der Waals surface area contributed by atoms with Crippen molar-refractivity contribution in [3.05, 3.63) is 0 Å². The van der Waals surface area contributed by atoms with Crippen LogP contribution in [0.5, 0.6) is 0 Å². The maximum Gasteiger partial charge on any atom is -0.0324 e. The van der Waals surface area contributed by atoms with Crippen LogP contribution in [0.4, 0.5) is 0 Å². The molecule has 0 heteroatoms. The molecule has 0 spiro atoms. The van der Waals surface area contributed by atoms with Gasteiger partial charge in [0.2, 0.25) is 0 Å². The van der Waals surface area contributed by atoms with Gasteiger partial charge in [0.25, 0.3) is 0 Å². The normalized spacial score (nSPS) is 35.8. The van der Waals surface area contributed by atoms with Crippen LogP contribution in [0.3, 0.4) is 0 Å². The molecule has 0 aromatic heterocycles. The summed E-state index contributed by atoms with van der Waals surface area (Å²) < 4.78 is 0. The first-order valence-corrected chi connectivity index (χ1v) is 6.50. The molecule has 1 aliphatic carbocycles. The summed E-state index contributed by atoms with van der Waals surface area (Å²) in [4.78, 5) is 0. The molecule has 0 aliphatic heterocycles. The Balaban J connectivity index is 2.43. The summed E-state index contributed by atoms with van der Waals surface area (Å²) >= 11 is 0. The van der Waals surface area contributed by atoms with Gasteiger partial charge in [0, 0.05) is 0 Å². The van der Waals surface area contributed by atoms with E-state index in [4.69, 9.17) is 0 Å². The zero-order chi connectivity index (χ0) is 10.9. The Morgan fingerprint density at radius 2 is 1.57 bits per heavy atom. The predicted octanol–water partition coefficient (Wildman–Crippen LogP) is 4.60. The van der Waals surface area contributed by atoms with E-state index in [1.54, 1.807) is 0 Å². The summed E-state index contributed by atoms with van der Waals surface area (Å²) in [6.07, 6.45) is 2.76. The van der Waals surface area contributed by atoms with Gasteiger partial charge < -0.3 is 0 Å². The second kappa shape index (κ2) is 4.68. The first kappa shape index (κ1) is 12.1. The molecule has 0 saturated heterocycles. The molecule has 1 rings (SSSR count). The lowest BCUT2D eigenvalue weighted by molar-refractivity contribution is 0.295. The molecule has 0 amide bonds. The van der Waals surface area contributed by atoms with Crippen molar-refractivity contribution in [3.8, 4) is 0 Å². The fourth-order valence-electron chi connectivity index (χ4n) is 3.50. The third kappa shape index (κ3) is 2.32. The van der Waals surface area contributed by atoms with Gasteiger partial charge >= 0.3 is 0 Å². The van der Waals surface area contributed by atoms with E-state index in [2.05, 4.69) is 41.5 Å². The molecule has 1 saturated carbocycles. The lowest BCUT2D eigenvalue weighted by atomic mass is 9.86. The van der Waals surface area contributed by atoms with Gasteiger partial charge in [-0.2, -0.15) is 0 Å². The molecule has 5 unspecified atom stereocenters. The summed E-state index contributed by atoms with van der Waals surface area (Å²) in [5.74, 6) is 5.80. The van der Waals surface area contributed by atoms with Gasteiger partial charge in [-0.15, -0.1) is 0 Å². The van der Waals surface area contributed by atoms with E-state index in [0.29, 0.717) is 0 Å². The molecule has 0 bridgehead atoms. The SMILES string of the molecule is CCCC(C)C(C)C1C(C)C1C(C)C. The van der Waals surface area contributed by atoms with E-state index >= 15 is 0 Å². The number of rotatable bonds is 5. The Hall–Kier alpha value is 0. The zero-order valence-corrected chi connectivity index (χ0v) is 10.9. The molecule has 0 aromatic rings. The Morgan fingerprint density at radius 3 is 1.93 bits per heavy atom. The topological polar surface area (TPSA) is 0 Å². The maximum absolute atomic E-state index is 2.48. The summed E-state index contributed by atoms with van der Waals surface area (Å²) in [5, 5.41) is 0. The van der Waals surface area contributed by atoms with E-state index in [1.807, 2.05) is 0 Å². The van der Waals surface area contributed by atoms with Crippen molar-refractivity contribution >= 4 is 0 Å². The quantitative estimate of drug-likeness (QED) is 0.603. The third-order valence-corrected chi connectivity index (χ3v) is 4.54. The van der Waals surface area contributed by atoms with Crippen LogP contribution >= 0.6 is 0 Å². The molecule has 14 heavy (non-hydrogen) atoms. The molecule has 1 fully saturated rings. The van der Waals surface area contributed by atoms with Gasteiger partial charge in [0.1, 0.15) is 0 Å². The summed E-state index contributed by atoms with van der Waals surface area (Å²) in [5.41, 5.74) is 0. The molecule has 0 nitrogen and oxygen atoms in total. The van der Waals surface area contributed by atoms with Crippen LogP contribution in [-0.4, -0.2) is 0 Å². The molecule has 0 heterocycles. The highest BCUT2D eigenvalue weighted by molar-refractivity contribution is 4.99. The van der Waals surface area contributed by atoms with Crippen molar-refractivity contribution in [1.82, 2.24) is 0 Å². The predicted molar refractivity (Wildman–Crippen MR) is 64.2 cm³/mol. The van der Waals surface area contributed by atoms with Gasteiger partial charge in [0.05, 0.1) is 0 Å². The maximum atomic E-state index is 2.48. The Kier molecular flexibility index (Phi) is 4.04. The summed E-state index contributed by atoms with van der Waals surface area (Å²) in [6, 6.07) is 0. The van der Waals surface area contributed by atoms with Crippen LogP contribution in [0.1, 0.15) is 54.4 Å². The second-order valence-corrected chi connectivity index (χ2v) is 5.88. The van der Waals surface area contributed by atoms with Crippen molar-refractivity contribution in [3.63, 3.8) is 0 Å². The Morgan fingerprint density at radius 1 is 1.00 bits per heavy atom. The monoisotopic (exact) mass is 196 g/mol. The van der Waals surface area contributed by atoms with Gasteiger partial charge in [-0.05, 0) is 35.5 Å². The van der Waals surface area contributed by atoms with Crippen LogP contribution in [0, 0.1) is 35.5 Å². The molecule has 0 N–H and O–H groups in total. The van der Waals surface area contributed by atoms with Gasteiger partial charge in [-0.3, -0.25) is 0 Å². The largest absolute Gasteiger partial charge is 0.0654 e. The van der Waals surface area contributed by atoms with Crippen LogP contribution in [0.25, 0.3) is 0 Å². The van der Waals surface area contributed by atoms with Crippen LogP contribution in [-0.2, 0) is 0 Å². The minimum absolute atomic E-state index is 0.895. The highest BCUT2D eigenvalue weighted by Gasteiger charge is 2.51. The van der Waals surface area contributed by atoms with E-state index in [9.17, 15) is 0 Å². The van der Waals surface area contributed by atoms with E-state index in [0.717, 1.165) is 35.5 Å². The van der Waals surface area contributed by atoms with Gasteiger partial charge in [-0.1, -0.05) is 54.4 Å². The first-order valence-electron chi connectivity index (χ1n) is 6.50.